The smallest absolute Gasteiger partial charge is 0.123 e. The minimum atomic E-state index is -0.264. The molecule has 106 valence electrons. The second kappa shape index (κ2) is 5.69. The van der Waals surface area contributed by atoms with Crippen LogP contribution in [0.15, 0.2) is 59.1 Å². The lowest BCUT2D eigenvalue weighted by Gasteiger charge is -2.06. The Kier molecular flexibility index (Phi) is 3.75. The van der Waals surface area contributed by atoms with Crippen LogP contribution in [0.4, 0.5) is 10.2 Å². The number of nitrogens with two attached hydrogens (primary N) is 1. The van der Waals surface area contributed by atoms with E-state index in [-0.39, 0.29) is 5.82 Å². The summed E-state index contributed by atoms with van der Waals surface area (Å²) in [6, 6.07) is 15.9. The van der Waals surface area contributed by atoms with Crippen LogP contribution >= 0.6 is 15.9 Å². The predicted molar refractivity (Wildman–Crippen MR) is 85.3 cm³/mol. The highest BCUT2D eigenvalue weighted by molar-refractivity contribution is 9.10. The Morgan fingerprint density at radius 3 is 2.52 bits per heavy atom. The fourth-order valence-electron chi connectivity index (χ4n) is 2.11. The highest BCUT2D eigenvalue weighted by Crippen LogP contribution is 2.23. The molecule has 0 aliphatic heterocycles. The normalized spacial score (nSPS) is 10.8. The van der Waals surface area contributed by atoms with Gasteiger partial charge in [0.2, 0.25) is 0 Å². The van der Waals surface area contributed by atoms with Crippen molar-refractivity contribution < 1.29 is 4.39 Å². The summed E-state index contributed by atoms with van der Waals surface area (Å²) in [5.41, 5.74) is 8.69. The monoisotopic (exact) mass is 345 g/mol. The number of benzene rings is 2. The van der Waals surface area contributed by atoms with E-state index >= 15 is 0 Å². The van der Waals surface area contributed by atoms with Gasteiger partial charge in [-0.1, -0.05) is 34.1 Å². The molecule has 0 bridgehead atoms. The fourth-order valence-corrected chi connectivity index (χ4v) is 2.52. The molecule has 1 aromatic heterocycles. The van der Waals surface area contributed by atoms with Gasteiger partial charge in [-0.3, -0.25) is 0 Å². The van der Waals surface area contributed by atoms with E-state index in [9.17, 15) is 4.39 Å². The molecule has 2 aromatic carbocycles. The van der Waals surface area contributed by atoms with Crippen LogP contribution in [0.3, 0.4) is 0 Å². The maximum Gasteiger partial charge on any atom is 0.123 e. The number of halogens is 2. The van der Waals surface area contributed by atoms with Crippen molar-refractivity contribution in [1.29, 1.82) is 0 Å². The van der Waals surface area contributed by atoms with Gasteiger partial charge in [0, 0.05) is 16.1 Å². The highest BCUT2D eigenvalue weighted by Gasteiger charge is 2.09. The summed E-state index contributed by atoms with van der Waals surface area (Å²) in [5.74, 6) is 0.310. The van der Waals surface area contributed by atoms with Crippen LogP contribution in [-0.2, 0) is 6.54 Å². The zero-order valence-corrected chi connectivity index (χ0v) is 12.7. The Morgan fingerprint density at radius 1 is 1.10 bits per heavy atom. The fraction of sp³-hybridized carbons (Fsp3) is 0.0625. The molecule has 0 aliphatic carbocycles. The van der Waals surface area contributed by atoms with E-state index < -0.39 is 0 Å². The van der Waals surface area contributed by atoms with E-state index in [4.69, 9.17) is 5.73 Å². The summed E-state index contributed by atoms with van der Waals surface area (Å²) in [6.45, 7) is 0.578. The summed E-state index contributed by atoms with van der Waals surface area (Å²) in [5, 5.41) is 4.49. The van der Waals surface area contributed by atoms with Gasteiger partial charge in [-0.2, -0.15) is 5.10 Å². The first-order chi connectivity index (χ1) is 10.1. The molecule has 0 saturated carbocycles. The molecule has 0 saturated heterocycles. The third-order valence-electron chi connectivity index (χ3n) is 3.23. The van der Waals surface area contributed by atoms with E-state index in [2.05, 4.69) is 21.0 Å². The first-order valence-electron chi connectivity index (χ1n) is 6.46. The molecule has 1 heterocycles. The zero-order chi connectivity index (χ0) is 14.8. The Morgan fingerprint density at radius 2 is 1.81 bits per heavy atom. The number of rotatable bonds is 3. The Bertz CT molecular complexity index is 765. The van der Waals surface area contributed by atoms with Crippen LogP contribution in [0, 0.1) is 5.82 Å². The molecule has 0 spiro atoms. The van der Waals surface area contributed by atoms with Gasteiger partial charge >= 0.3 is 0 Å². The van der Waals surface area contributed by atoms with E-state index in [0.29, 0.717) is 12.4 Å². The minimum Gasteiger partial charge on any atom is -0.384 e. The van der Waals surface area contributed by atoms with Crippen molar-refractivity contribution >= 4 is 21.7 Å². The average molecular weight is 346 g/mol. The maximum absolute atomic E-state index is 13.0. The number of nitrogen functional groups attached to an aromatic ring is 1. The molecule has 0 aliphatic rings. The molecule has 0 fully saturated rings. The molecular formula is C16H13BrFN3. The van der Waals surface area contributed by atoms with E-state index in [1.165, 1.54) is 12.1 Å². The van der Waals surface area contributed by atoms with Crippen molar-refractivity contribution in [1.82, 2.24) is 9.78 Å². The van der Waals surface area contributed by atoms with Crippen LogP contribution in [-0.4, -0.2) is 9.78 Å². The van der Waals surface area contributed by atoms with Gasteiger partial charge < -0.3 is 5.73 Å². The molecule has 0 amide bonds. The van der Waals surface area contributed by atoms with Crippen molar-refractivity contribution in [3.8, 4) is 11.3 Å². The molecule has 0 atom stereocenters. The summed E-state index contributed by atoms with van der Waals surface area (Å²) < 4.78 is 15.7. The van der Waals surface area contributed by atoms with Crippen molar-refractivity contribution in [2.75, 3.05) is 5.73 Å². The lowest BCUT2D eigenvalue weighted by molar-refractivity contribution is 0.628. The summed E-state index contributed by atoms with van der Waals surface area (Å²) in [6.07, 6.45) is 0. The third-order valence-corrected chi connectivity index (χ3v) is 4.00. The quantitative estimate of drug-likeness (QED) is 0.777. The van der Waals surface area contributed by atoms with Gasteiger partial charge in [0.1, 0.15) is 11.6 Å². The Balaban J connectivity index is 1.91. The standard InChI is InChI=1S/C16H13BrFN3/c17-14-4-2-1-3-12(14)10-21-16(19)9-15(20-21)11-5-7-13(18)8-6-11/h1-9H,10,19H2. The first kappa shape index (κ1) is 13.8. The Labute approximate surface area is 130 Å². The summed E-state index contributed by atoms with van der Waals surface area (Å²) in [7, 11) is 0. The molecule has 21 heavy (non-hydrogen) atoms. The topological polar surface area (TPSA) is 43.8 Å². The van der Waals surface area contributed by atoms with Crippen molar-refractivity contribution in [3.63, 3.8) is 0 Å². The lowest BCUT2D eigenvalue weighted by atomic mass is 10.1. The third kappa shape index (κ3) is 2.97. The summed E-state index contributed by atoms with van der Waals surface area (Å²) in [4.78, 5) is 0. The van der Waals surface area contributed by atoms with Crippen molar-refractivity contribution in [3.05, 3.63) is 70.5 Å². The van der Waals surface area contributed by atoms with Gasteiger partial charge in [0.05, 0.1) is 12.2 Å². The van der Waals surface area contributed by atoms with Crippen LogP contribution in [0.5, 0.6) is 0 Å². The highest BCUT2D eigenvalue weighted by atomic mass is 79.9. The van der Waals surface area contributed by atoms with Crippen LogP contribution < -0.4 is 5.73 Å². The molecule has 5 heteroatoms. The summed E-state index contributed by atoms with van der Waals surface area (Å²) >= 11 is 3.51. The van der Waals surface area contributed by atoms with Crippen LogP contribution in [0.1, 0.15) is 5.56 Å². The van der Waals surface area contributed by atoms with Gasteiger partial charge in [-0.15, -0.1) is 0 Å². The Hall–Kier alpha value is -2.14. The van der Waals surface area contributed by atoms with Gasteiger partial charge in [0.25, 0.3) is 0 Å². The van der Waals surface area contributed by atoms with Gasteiger partial charge in [0.15, 0.2) is 0 Å². The van der Waals surface area contributed by atoms with Gasteiger partial charge in [-0.25, -0.2) is 9.07 Å². The largest absolute Gasteiger partial charge is 0.384 e. The zero-order valence-electron chi connectivity index (χ0n) is 11.1. The number of nitrogens with zero attached hydrogens (tertiary/aromatic N) is 2. The molecule has 3 rings (SSSR count). The molecule has 3 nitrogen and oxygen atoms in total. The molecule has 2 N–H and O–H groups in total. The second-order valence-corrected chi connectivity index (χ2v) is 5.56. The maximum atomic E-state index is 13.0. The van der Waals surface area contributed by atoms with Crippen LogP contribution in [0.2, 0.25) is 0 Å². The molecule has 0 radical (unpaired) electrons. The number of hydrogen-bond acceptors (Lipinski definition) is 2. The molecule has 0 unspecified atom stereocenters. The van der Waals surface area contributed by atoms with E-state index in [1.54, 1.807) is 22.9 Å². The predicted octanol–water partition coefficient (Wildman–Crippen LogP) is 4.08. The minimum absolute atomic E-state index is 0.264. The second-order valence-electron chi connectivity index (χ2n) is 4.71. The van der Waals surface area contributed by atoms with Crippen molar-refractivity contribution in [2.24, 2.45) is 0 Å². The number of hydrogen-bond donors (Lipinski definition) is 1. The molecule has 3 aromatic rings. The number of aromatic nitrogens is 2. The molecular weight excluding hydrogens is 333 g/mol. The van der Waals surface area contributed by atoms with E-state index in [0.717, 1.165) is 21.3 Å². The van der Waals surface area contributed by atoms with E-state index in [1.807, 2.05) is 24.3 Å². The van der Waals surface area contributed by atoms with Crippen molar-refractivity contribution in [2.45, 2.75) is 6.54 Å². The first-order valence-corrected chi connectivity index (χ1v) is 7.25. The lowest BCUT2D eigenvalue weighted by Crippen LogP contribution is -2.06. The van der Waals surface area contributed by atoms with Gasteiger partial charge in [-0.05, 0) is 35.9 Å². The van der Waals surface area contributed by atoms with Crippen LogP contribution in [0.25, 0.3) is 11.3 Å². The SMILES string of the molecule is Nc1cc(-c2ccc(F)cc2)nn1Cc1ccccc1Br. The number of anilines is 1. The average Bonchev–Trinajstić information content (AvgIpc) is 2.83.